The van der Waals surface area contributed by atoms with E-state index in [0.29, 0.717) is 0 Å². The topological polar surface area (TPSA) is 20.2 Å². The van der Waals surface area contributed by atoms with Gasteiger partial charge in [-0.1, -0.05) is 26.7 Å². The molecule has 0 spiro atoms. The molecule has 0 aromatic carbocycles. The van der Waals surface area contributed by atoms with Gasteiger partial charge in [-0.2, -0.15) is 0 Å². The molecule has 0 aromatic rings. The molecule has 1 nitrogen and oxygen atoms in total. The average Bonchev–Trinajstić information content (AvgIpc) is 1.82. The molecule has 0 radical (unpaired) electrons. The first-order valence-corrected chi connectivity index (χ1v) is 3.35. The van der Waals surface area contributed by atoms with E-state index in [9.17, 15) is 0 Å². The van der Waals surface area contributed by atoms with Crippen molar-refractivity contribution >= 4 is 0 Å². The minimum absolute atomic E-state index is 0.254. The highest BCUT2D eigenvalue weighted by Crippen LogP contribution is 1.97. The number of aliphatic hydroxyl groups is 1. The SMILES string of the molecule is CCC#CC(O)C(C)C. The Bertz CT molecular complexity index is 116. The quantitative estimate of drug-likeness (QED) is 0.527. The second kappa shape index (κ2) is 4.40. The van der Waals surface area contributed by atoms with Crippen molar-refractivity contribution in [2.24, 2.45) is 5.92 Å². The maximum Gasteiger partial charge on any atom is 0.117 e. The zero-order valence-electron chi connectivity index (χ0n) is 6.31. The predicted octanol–water partition coefficient (Wildman–Crippen LogP) is 1.42. The normalized spacial score (nSPS) is 12.6. The van der Waals surface area contributed by atoms with Gasteiger partial charge in [0.2, 0.25) is 0 Å². The summed E-state index contributed by atoms with van der Waals surface area (Å²) in [4.78, 5) is 0. The third-order valence-electron chi connectivity index (χ3n) is 1.06. The van der Waals surface area contributed by atoms with Crippen molar-refractivity contribution in [3.63, 3.8) is 0 Å². The van der Waals surface area contributed by atoms with E-state index in [1.165, 1.54) is 0 Å². The van der Waals surface area contributed by atoms with Crippen LogP contribution in [0.4, 0.5) is 0 Å². The van der Waals surface area contributed by atoms with Gasteiger partial charge in [-0.15, -0.1) is 5.92 Å². The summed E-state index contributed by atoms with van der Waals surface area (Å²) >= 11 is 0. The predicted molar refractivity (Wildman–Crippen MR) is 38.9 cm³/mol. The first-order chi connectivity index (χ1) is 4.18. The Balaban J connectivity index is 3.61. The van der Waals surface area contributed by atoms with Gasteiger partial charge >= 0.3 is 0 Å². The molecule has 0 heterocycles. The summed E-state index contributed by atoms with van der Waals surface area (Å²) in [5.74, 6) is 5.82. The molecule has 0 fully saturated rings. The monoisotopic (exact) mass is 126 g/mol. The van der Waals surface area contributed by atoms with Gasteiger partial charge in [0.25, 0.3) is 0 Å². The molecule has 0 aromatic heterocycles. The molecule has 1 heteroatoms. The molecule has 52 valence electrons. The van der Waals surface area contributed by atoms with Crippen molar-refractivity contribution in [2.45, 2.75) is 33.3 Å². The third-order valence-corrected chi connectivity index (χ3v) is 1.06. The van der Waals surface area contributed by atoms with Crippen molar-refractivity contribution < 1.29 is 5.11 Å². The van der Waals surface area contributed by atoms with E-state index in [0.717, 1.165) is 6.42 Å². The maximum absolute atomic E-state index is 9.08. The summed E-state index contributed by atoms with van der Waals surface area (Å²) in [5.41, 5.74) is 0. The molecule has 0 aliphatic heterocycles. The van der Waals surface area contributed by atoms with Crippen molar-refractivity contribution in [1.82, 2.24) is 0 Å². The van der Waals surface area contributed by atoms with Crippen LogP contribution in [-0.2, 0) is 0 Å². The summed E-state index contributed by atoms with van der Waals surface area (Å²) in [6.07, 6.45) is 0.383. The van der Waals surface area contributed by atoms with Gasteiger partial charge in [0.15, 0.2) is 0 Å². The molecule has 1 N–H and O–H groups in total. The Morgan fingerprint density at radius 3 is 2.33 bits per heavy atom. The maximum atomic E-state index is 9.08. The first-order valence-electron chi connectivity index (χ1n) is 3.35. The smallest absolute Gasteiger partial charge is 0.117 e. The molecule has 0 saturated carbocycles. The average molecular weight is 126 g/mol. The zero-order valence-corrected chi connectivity index (χ0v) is 6.31. The van der Waals surface area contributed by atoms with E-state index in [1.54, 1.807) is 0 Å². The first kappa shape index (κ1) is 8.52. The zero-order chi connectivity index (χ0) is 7.28. The Hall–Kier alpha value is -0.480. The van der Waals surface area contributed by atoms with E-state index >= 15 is 0 Å². The largest absolute Gasteiger partial charge is 0.380 e. The number of hydrogen-bond acceptors (Lipinski definition) is 1. The fourth-order valence-electron chi connectivity index (χ4n) is 0.373. The lowest BCUT2D eigenvalue weighted by Gasteiger charge is -2.04. The van der Waals surface area contributed by atoms with Crippen LogP contribution in [0.5, 0.6) is 0 Å². The van der Waals surface area contributed by atoms with Gasteiger partial charge < -0.3 is 5.11 Å². The molecule has 0 aliphatic carbocycles. The van der Waals surface area contributed by atoms with Crippen LogP contribution in [0.3, 0.4) is 0 Å². The van der Waals surface area contributed by atoms with Crippen LogP contribution in [0.2, 0.25) is 0 Å². The number of hydrogen-bond donors (Lipinski definition) is 1. The molecule has 9 heavy (non-hydrogen) atoms. The molecule has 0 rings (SSSR count). The molecular formula is C8H14O. The molecule has 0 aliphatic rings. The van der Waals surface area contributed by atoms with Crippen molar-refractivity contribution in [3.05, 3.63) is 0 Å². The van der Waals surface area contributed by atoms with Gasteiger partial charge in [-0.05, 0) is 5.92 Å². The molecule has 0 saturated heterocycles. The van der Waals surface area contributed by atoms with Crippen LogP contribution >= 0.6 is 0 Å². The Kier molecular flexibility index (Phi) is 4.17. The van der Waals surface area contributed by atoms with Crippen LogP contribution in [0.15, 0.2) is 0 Å². The third kappa shape index (κ3) is 4.05. The second-order valence-corrected chi connectivity index (χ2v) is 2.36. The summed E-state index contributed by atoms with van der Waals surface area (Å²) in [6, 6.07) is 0. The molecule has 1 unspecified atom stereocenters. The van der Waals surface area contributed by atoms with Crippen molar-refractivity contribution in [1.29, 1.82) is 0 Å². The van der Waals surface area contributed by atoms with Gasteiger partial charge in [-0.3, -0.25) is 0 Å². The highest BCUT2D eigenvalue weighted by molar-refractivity contribution is 5.04. The fourth-order valence-corrected chi connectivity index (χ4v) is 0.373. The highest BCUT2D eigenvalue weighted by Gasteiger charge is 2.02. The fraction of sp³-hybridized carbons (Fsp3) is 0.750. The van der Waals surface area contributed by atoms with Gasteiger partial charge in [-0.25, -0.2) is 0 Å². The molecule has 0 amide bonds. The van der Waals surface area contributed by atoms with E-state index in [2.05, 4.69) is 11.8 Å². The summed E-state index contributed by atoms with van der Waals surface area (Å²) in [7, 11) is 0. The lowest BCUT2D eigenvalue weighted by Crippen LogP contribution is -2.10. The van der Waals surface area contributed by atoms with Gasteiger partial charge in [0, 0.05) is 6.42 Å². The van der Waals surface area contributed by atoms with Crippen LogP contribution in [0.25, 0.3) is 0 Å². The van der Waals surface area contributed by atoms with E-state index < -0.39 is 6.10 Å². The minimum atomic E-state index is -0.440. The lowest BCUT2D eigenvalue weighted by atomic mass is 10.1. The summed E-state index contributed by atoms with van der Waals surface area (Å²) in [5, 5.41) is 9.08. The van der Waals surface area contributed by atoms with E-state index in [1.807, 2.05) is 20.8 Å². The molecule has 1 atom stereocenters. The van der Waals surface area contributed by atoms with E-state index in [-0.39, 0.29) is 5.92 Å². The summed E-state index contributed by atoms with van der Waals surface area (Å²) < 4.78 is 0. The second-order valence-electron chi connectivity index (χ2n) is 2.36. The highest BCUT2D eigenvalue weighted by atomic mass is 16.3. The van der Waals surface area contributed by atoms with Crippen LogP contribution in [0, 0.1) is 17.8 Å². The van der Waals surface area contributed by atoms with Crippen LogP contribution < -0.4 is 0 Å². The van der Waals surface area contributed by atoms with E-state index in [4.69, 9.17) is 5.11 Å². The van der Waals surface area contributed by atoms with Crippen molar-refractivity contribution in [2.75, 3.05) is 0 Å². The molecular weight excluding hydrogens is 112 g/mol. The Morgan fingerprint density at radius 1 is 1.44 bits per heavy atom. The summed E-state index contributed by atoms with van der Waals surface area (Å²) in [6.45, 7) is 5.88. The Labute approximate surface area is 57.1 Å². The standard InChI is InChI=1S/C8H14O/c1-4-5-6-8(9)7(2)3/h7-9H,4H2,1-3H3. The molecule has 0 bridgehead atoms. The van der Waals surface area contributed by atoms with Gasteiger partial charge in [0.1, 0.15) is 6.10 Å². The van der Waals surface area contributed by atoms with Crippen molar-refractivity contribution in [3.8, 4) is 11.8 Å². The van der Waals surface area contributed by atoms with Crippen LogP contribution in [0.1, 0.15) is 27.2 Å². The number of aliphatic hydroxyl groups excluding tert-OH is 1. The number of rotatable bonds is 1. The van der Waals surface area contributed by atoms with Gasteiger partial charge in [0.05, 0.1) is 0 Å². The van der Waals surface area contributed by atoms with Crippen LogP contribution in [-0.4, -0.2) is 11.2 Å². The Morgan fingerprint density at radius 2 is 2.00 bits per heavy atom. The minimum Gasteiger partial charge on any atom is -0.380 e. The lowest BCUT2D eigenvalue weighted by molar-refractivity contribution is 0.181.